The lowest BCUT2D eigenvalue weighted by molar-refractivity contribution is -0.295. The smallest absolute Gasteiger partial charge is 0.332 e. The summed E-state index contributed by atoms with van der Waals surface area (Å²) in [5, 5.41) is 7.83. The molecule has 5 heteroatoms. The molecule has 12 heavy (non-hydrogen) atoms. The van der Waals surface area contributed by atoms with Crippen LogP contribution in [-0.4, -0.2) is 30.2 Å². The van der Waals surface area contributed by atoms with Crippen molar-refractivity contribution in [3.63, 3.8) is 0 Å². The summed E-state index contributed by atoms with van der Waals surface area (Å²) in [6.45, 7) is 4.71. The Kier molecular flexibility index (Phi) is 4.80. The van der Waals surface area contributed by atoms with Crippen molar-refractivity contribution >= 4 is 5.97 Å². The second-order valence-electron chi connectivity index (χ2n) is 3.18. The summed E-state index contributed by atoms with van der Waals surface area (Å²) in [6, 6.07) is 0. The predicted octanol–water partition coefficient (Wildman–Crippen LogP) is 0.792. The number of esters is 1. The van der Waals surface area contributed by atoms with Crippen molar-refractivity contribution < 1.29 is 24.4 Å². The standard InChI is InChI=1S/C7H14O5/c1-7(2,3)12-6(8)4-10-5-11-9/h9H,4-5H2,1-3H3. The molecular formula is C7H14O5. The van der Waals surface area contributed by atoms with Crippen LogP contribution in [0.25, 0.3) is 0 Å². The van der Waals surface area contributed by atoms with E-state index in [2.05, 4.69) is 9.62 Å². The van der Waals surface area contributed by atoms with Crippen molar-refractivity contribution in [2.75, 3.05) is 13.4 Å². The normalized spacial score (nSPS) is 11.3. The van der Waals surface area contributed by atoms with E-state index in [0.717, 1.165) is 0 Å². The lowest BCUT2D eigenvalue weighted by Crippen LogP contribution is -2.26. The van der Waals surface area contributed by atoms with Crippen molar-refractivity contribution in [1.82, 2.24) is 0 Å². The van der Waals surface area contributed by atoms with E-state index in [4.69, 9.17) is 9.99 Å². The SMILES string of the molecule is CC(C)(C)OC(=O)COCOO. The summed E-state index contributed by atoms with van der Waals surface area (Å²) in [5.74, 6) is -0.487. The molecule has 0 aliphatic rings. The maximum atomic E-state index is 10.8. The highest BCUT2D eigenvalue weighted by Gasteiger charge is 2.15. The lowest BCUT2D eigenvalue weighted by atomic mass is 10.2. The minimum atomic E-state index is -0.513. The van der Waals surface area contributed by atoms with E-state index in [0.29, 0.717) is 0 Å². The first-order valence-electron chi connectivity index (χ1n) is 3.51. The fourth-order valence-electron chi connectivity index (χ4n) is 0.533. The minimum absolute atomic E-state index is 0.224. The topological polar surface area (TPSA) is 65.0 Å². The predicted molar refractivity (Wildman–Crippen MR) is 40.4 cm³/mol. The minimum Gasteiger partial charge on any atom is -0.458 e. The van der Waals surface area contributed by atoms with Crippen LogP contribution in [0.2, 0.25) is 0 Å². The molecule has 0 aliphatic heterocycles. The van der Waals surface area contributed by atoms with Gasteiger partial charge in [0.05, 0.1) is 0 Å². The molecule has 0 bridgehead atoms. The summed E-state index contributed by atoms with van der Waals surface area (Å²) < 4.78 is 9.43. The van der Waals surface area contributed by atoms with Crippen LogP contribution in [0.3, 0.4) is 0 Å². The van der Waals surface area contributed by atoms with Gasteiger partial charge in [0.15, 0.2) is 6.79 Å². The zero-order valence-electron chi connectivity index (χ0n) is 7.49. The fourth-order valence-corrected chi connectivity index (χ4v) is 0.533. The third kappa shape index (κ3) is 7.46. The van der Waals surface area contributed by atoms with Gasteiger partial charge in [0, 0.05) is 0 Å². The highest BCUT2D eigenvalue weighted by atomic mass is 17.1. The van der Waals surface area contributed by atoms with Gasteiger partial charge in [0.1, 0.15) is 12.2 Å². The molecule has 0 saturated carbocycles. The van der Waals surface area contributed by atoms with Crippen molar-refractivity contribution in [3.05, 3.63) is 0 Å². The van der Waals surface area contributed by atoms with Crippen LogP contribution in [0.1, 0.15) is 20.8 Å². The Morgan fingerprint density at radius 3 is 2.42 bits per heavy atom. The molecule has 0 aromatic carbocycles. The first-order valence-corrected chi connectivity index (χ1v) is 3.51. The van der Waals surface area contributed by atoms with E-state index in [9.17, 15) is 4.79 Å². The van der Waals surface area contributed by atoms with Gasteiger partial charge < -0.3 is 9.47 Å². The van der Waals surface area contributed by atoms with Gasteiger partial charge in [-0.05, 0) is 20.8 Å². The van der Waals surface area contributed by atoms with Gasteiger partial charge in [-0.3, -0.25) is 0 Å². The maximum absolute atomic E-state index is 10.8. The number of hydrogen-bond donors (Lipinski definition) is 1. The Bertz CT molecular complexity index is 137. The van der Waals surface area contributed by atoms with Crippen LogP contribution in [0.5, 0.6) is 0 Å². The third-order valence-electron chi connectivity index (χ3n) is 0.776. The molecule has 72 valence electrons. The number of carbonyl (C=O) groups excluding carboxylic acids is 1. The average molecular weight is 178 g/mol. The van der Waals surface area contributed by atoms with Gasteiger partial charge >= 0.3 is 5.97 Å². The molecule has 5 nitrogen and oxygen atoms in total. The van der Waals surface area contributed by atoms with Crippen LogP contribution in [-0.2, 0) is 19.2 Å². The van der Waals surface area contributed by atoms with Crippen molar-refractivity contribution in [1.29, 1.82) is 0 Å². The zero-order valence-corrected chi connectivity index (χ0v) is 7.49. The molecule has 0 aliphatic carbocycles. The number of carbonyl (C=O) groups is 1. The van der Waals surface area contributed by atoms with Crippen molar-refractivity contribution in [3.8, 4) is 0 Å². The van der Waals surface area contributed by atoms with Crippen LogP contribution in [0.4, 0.5) is 0 Å². The molecule has 0 aromatic rings. The summed E-state index contributed by atoms with van der Waals surface area (Å²) in [4.78, 5) is 14.4. The van der Waals surface area contributed by atoms with Crippen LogP contribution in [0, 0.1) is 0 Å². The van der Waals surface area contributed by atoms with Crippen molar-refractivity contribution in [2.24, 2.45) is 0 Å². The molecule has 0 radical (unpaired) electrons. The van der Waals surface area contributed by atoms with E-state index in [1.807, 2.05) is 0 Å². The Balaban J connectivity index is 3.47. The van der Waals surface area contributed by atoms with Gasteiger partial charge in [0.2, 0.25) is 0 Å². The first-order chi connectivity index (χ1) is 5.45. The molecule has 0 aromatic heterocycles. The van der Waals surface area contributed by atoms with Crippen molar-refractivity contribution in [2.45, 2.75) is 26.4 Å². The Labute approximate surface area is 71.2 Å². The molecular weight excluding hydrogens is 164 g/mol. The van der Waals surface area contributed by atoms with Crippen LogP contribution >= 0.6 is 0 Å². The highest BCUT2D eigenvalue weighted by Crippen LogP contribution is 2.06. The van der Waals surface area contributed by atoms with Gasteiger partial charge in [0.25, 0.3) is 0 Å². The van der Waals surface area contributed by atoms with E-state index >= 15 is 0 Å². The van der Waals surface area contributed by atoms with E-state index in [1.54, 1.807) is 20.8 Å². The monoisotopic (exact) mass is 178 g/mol. The molecule has 0 rings (SSSR count). The Morgan fingerprint density at radius 2 is 2.00 bits per heavy atom. The largest absolute Gasteiger partial charge is 0.458 e. The molecule has 0 spiro atoms. The number of ether oxygens (including phenoxy) is 2. The Hall–Kier alpha value is -0.650. The van der Waals surface area contributed by atoms with E-state index < -0.39 is 11.6 Å². The van der Waals surface area contributed by atoms with Gasteiger partial charge in [-0.15, -0.1) is 0 Å². The summed E-state index contributed by atoms with van der Waals surface area (Å²) >= 11 is 0. The quantitative estimate of drug-likeness (QED) is 0.227. The second-order valence-corrected chi connectivity index (χ2v) is 3.18. The lowest BCUT2D eigenvalue weighted by Gasteiger charge is -2.19. The molecule has 0 unspecified atom stereocenters. The van der Waals surface area contributed by atoms with Gasteiger partial charge in [-0.1, -0.05) is 0 Å². The summed E-state index contributed by atoms with van der Waals surface area (Å²) in [7, 11) is 0. The first kappa shape index (κ1) is 11.4. The molecule has 1 N–H and O–H groups in total. The number of hydrogen-bond acceptors (Lipinski definition) is 5. The third-order valence-corrected chi connectivity index (χ3v) is 0.776. The maximum Gasteiger partial charge on any atom is 0.332 e. The molecule has 0 fully saturated rings. The Morgan fingerprint density at radius 1 is 1.42 bits per heavy atom. The molecule has 0 amide bonds. The van der Waals surface area contributed by atoms with Gasteiger partial charge in [-0.25, -0.2) is 14.9 Å². The highest BCUT2D eigenvalue weighted by molar-refractivity contribution is 5.71. The zero-order chi connectivity index (χ0) is 9.61. The number of rotatable bonds is 4. The molecule has 0 heterocycles. The summed E-state index contributed by atoms with van der Waals surface area (Å²) in [6.07, 6.45) is 0. The molecule has 0 atom stereocenters. The second kappa shape index (κ2) is 5.08. The average Bonchev–Trinajstić information content (AvgIpc) is 1.84. The molecule has 0 saturated heterocycles. The van der Waals surface area contributed by atoms with E-state index in [1.165, 1.54) is 0 Å². The van der Waals surface area contributed by atoms with Crippen LogP contribution < -0.4 is 0 Å². The summed E-state index contributed by atoms with van der Waals surface area (Å²) in [5.41, 5.74) is -0.513. The van der Waals surface area contributed by atoms with E-state index in [-0.39, 0.29) is 13.4 Å². The fraction of sp³-hybridized carbons (Fsp3) is 0.857. The van der Waals surface area contributed by atoms with Gasteiger partial charge in [-0.2, -0.15) is 0 Å². The van der Waals surface area contributed by atoms with Crippen LogP contribution in [0.15, 0.2) is 0 Å².